The molecule has 0 bridgehead atoms. The molecule has 1 saturated carbocycles. The zero-order valence-corrected chi connectivity index (χ0v) is 14.8. The van der Waals surface area contributed by atoms with Crippen molar-refractivity contribution in [1.82, 2.24) is 15.1 Å². The van der Waals surface area contributed by atoms with E-state index in [1.807, 2.05) is 59.3 Å². The minimum Gasteiger partial charge on any atom is -0.457 e. The lowest BCUT2D eigenvalue weighted by Gasteiger charge is -2.18. The third kappa shape index (κ3) is 2.61. The molecular formula is C21H20N4O2. The third-order valence-electron chi connectivity index (χ3n) is 5.54. The Kier molecular flexibility index (Phi) is 3.55. The van der Waals surface area contributed by atoms with Gasteiger partial charge in [0, 0.05) is 24.6 Å². The number of primary amides is 1. The van der Waals surface area contributed by atoms with Crippen LogP contribution in [0.5, 0.6) is 11.5 Å². The molecule has 1 unspecified atom stereocenters. The molecule has 0 radical (unpaired) electrons. The SMILES string of the molecule is NC(=O)c1cc(-c2ccccc2Oc2ccccc2)n([C@@]23CNCC2C3)n1. The predicted molar refractivity (Wildman–Crippen MR) is 102 cm³/mol. The van der Waals surface area contributed by atoms with Crippen LogP contribution in [-0.2, 0) is 5.54 Å². The lowest BCUT2D eigenvalue weighted by molar-refractivity contribution is 0.0994. The van der Waals surface area contributed by atoms with Gasteiger partial charge in [-0.05, 0) is 36.8 Å². The first-order valence-electron chi connectivity index (χ1n) is 9.11. The average Bonchev–Trinajstić information content (AvgIpc) is 3.05. The number of nitrogens with zero attached hydrogens (tertiary/aromatic N) is 2. The summed E-state index contributed by atoms with van der Waals surface area (Å²) in [6.07, 6.45) is 1.06. The zero-order chi connectivity index (χ0) is 18.4. The van der Waals surface area contributed by atoms with E-state index >= 15 is 0 Å². The van der Waals surface area contributed by atoms with Crippen molar-refractivity contribution in [2.24, 2.45) is 11.7 Å². The molecule has 1 amide bonds. The maximum Gasteiger partial charge on any atom is 0.269 e. The Bertz CT molecular complexity index is 1010. The van der Waals surface area contributed by atoms with Crippen LogP contribution >= 0.6 is 0 Å². The van der Waals surface area contributed by atoms with E-state index in [0.29, 0.717) is 5.92 Å². The standard InChI is InChI=1S/C21H20N4O2/c22-20(26)17-10-18(25(24-17)21-11-14(21)12-23-13-21)16-8-4-5-9-19(16)27-15-6-2-1-3-7-15/h1-10,14,23H,11-13H2,(H2,22,26)/t14?,21-/m0/s1. The Morgan fingerprint density at radius 3 is 2.67 bits per heavy atom. The molecule has 6 nitrogen and oxygen atoms in total. The Balaban J connectivity index is 1.62. The molecule has 5 rings (SSSR count). The molecule has 1 aliphatic carbocycles. The van der Waals surface area contributed by atoms with Crippen LogP contribution in [0.1, 0.15) is 16.9 Å². The number of fused-ring (bicyclic) bond motifs is 1. The topological polar surface area (TPSA) is 82.2 Å². The van der Waals surface area contributed by atoms with E-state index in [9.17, 15) is 4.79 Å². The molecular weight excluding hydrogens is 340 g/mol. The number of nitrogens with one attached hydrogen (secondary N) is 1. The number of carbonyl (C=O) groups is 1. The summed E-state index contributed by atoms with van der Waals surface area (Å²) in [6.45, 7) is 1.83. The van der Waals surface area contributed by atoms with Gasteiger partial charge in [-0.1, -0.05) is 30.3 Å². The normalized spacial score (nSPS) is 23.0. The van der Waals surface area contributed by atoms with Crippen LogP contribution < -0.4 is 15.8 Å². The first-order valence-corrected chi connectivity index (χ1v) is 9.11. The molecule has 1 aromatic heterocycles. The van der Waals surface area contributed by atoms with Crippen molar-refractivity contribution in [2.75, 3.05) is 13.1 Å². The summed E-state index contributed by atoms with van der Waals surface area (Å²) in [5.41, 5.74) is 7.51. The van der Waals surface area contributed by atoms with Crippen molar-refractivity contribution in [2.45, 2.75) is 12.0 Å². The van der Waals surface area contributed by atoms with Gasteiger partial charge in [0.1, 0.15) is 11.5 Å². The van der Waals surface area contributed by atoms with Gasteiger partial charge >= 0.3 is 0 Å². The summed E-state index contributed by atoms with van der Waals surface area (Å²) >= 11 is 0. The molecule has 1 saturated heterocycles. The Morgan fingerprint density at radius 1 is 1.19 bits per heavy atom. The molecule has 2 aliphatic rings. The van der Waals surface area contributed by atoms with E-state index in [-0.39, 0.29) is 11.2 Å². The molecule has 1 aliphatic heterocycles. The summed E-state index contributed by atoms with van der Waals surface area (Å²) < 4.78 is 8.12. The maximum atomic E-state index is 11.8. The average molecular weight is 360 g/mol. The van der Waals surface area contributed by atoms with Gasteiger partial charge in [0.15, 0.2) is 5.69 Å². The smallest absolute Gasteiger partial charge is 0.269 e. The molecule has 3 aromatic rings. The Hall–Kier alpha value is -3.12. The number of amides is 1. The Morgan fingerprint density at radius 2 is 1.96 bits per heavy atom. The van der Waals surface area contributed by atoms with Gasteiger partial charge in [0.25, 0.3) is 5.91 Å². The predicted octanol–water partition coefficient (Wildman–Crippen LogP) is 2.76. The first kappa shape index (κ1) is 16.1. The quantitative estimate of drug-likeness (QED) is 0.733. The fourth-order valence-electron chi connectivity index (χ4n) is 4.06. The van der Waals surface area contributed by atoms with Gasteiger partial charge in [0.05, 0.1) is 11.2 Å². The summed E-state index contributed by atoms with van der Waals surface area (Å²) in [6, 6.07) is 19.3. The highest BCUT2D eigenvalue weighted by Crippen LogP contribution is 2.54. The maximum absolute atomic E-state index is 11.8. The second kappa shape index (κ2) is 5.96. The largest absolute Gasteiger partial charge is 0.457 e. The summed E-state index contributed by atoms with van der Waals surface area (Å²) in [5, 5.41) is 8.00. The minimum absolute atomic E-state index is 0.0666. The van der Waals surface area contributed by atoms with Crippen LogP contribution in [0.3, 0.4) is 0 Å². The second-order valence-corrected chi connectivity index (χ2v) is 7.24. The van der Waals surface area contributed by atoms with Gasteiger partial charge in [-0.25, -0.2) is 0 Å². The zero-order valence-electron chi connectivity index (χ0n) is 14.8. The fourth-order valence-corrected chi connectivity index (χ4v) is 4.06. The number of para-hydroxylation sites is 2. The van der Waals surface area contributed by atoms with E-state index in [2.05, 4.69) is 10.4 Å². The van der Waals surface area contributed by atoms with Gasteiger partial charge in [0.2, 0.25) is 0 Å². The highest BCUT2D eigenvalue weighted by atomic mass is 16.5. The molecule has 136 valence electrons. The minimum atomic E-state index is -0.518. The van der Waals surface area contributed by atoms with E-state index < -0.39 is 5.91 Å². The van der Waals surface area contributed by atoms with Crippen molar-refractivity contribution in [1.29, 1.82) is 0 Å². The molecule has 6 heteroatoms. The van der Waals surface area contributed by atoms with Crippen molar-refractivity contribution in [3.63, 3.8) is 0 Å². The number of carbonyl (C=O) groups excluding carboxylic acids is 1. The number of piperidine rings is 1. The number of aromatic nitrogens is 2. The van der Waals surface area contributed by atoms with Gasteiger partial charge in [-0.15, -0.1) is 0 Å². The molecule has 2 fully saturated rings. The van der Waals surface area contributed by atoms with Crippen LogP contribution in [0, 0.1) is 5.92 Å². The molecule has 0 spiro atoms. The van der Waals surface area contributed by atoms with Crippen LogP contribution in [-0.4, -0.2) is 28.8 Å². The lowest BCUT2D eigenvalue weighted by Crippen LogP contribution is -2.28. The third-order valence-corrected chi connectivity index (χ3v) is 5.54. The number of rotatable bonds is 5. The Labute approximate surface area is 156 Å². The van der Waals surface area contributed by atoms with Crippen molar-refractivity contribution in [3.05, 3.63) is 66.4 Å². The van der Waals surface area contributed by atoms with Crippen LogP contribution in [0.25, 0.3) is 11.3 Å². The monoisotopic (exact) mass is 360 g/mol. The van der Waals surface area contributed by atoms with Gasteiger partial charge < -0.3 is 15.8 Å². The van der Waals surface area contributed by atoms with Crippen LogP contribution in [0.2, 0.25) is 0 Å². The molecule has 2 atom stereocenters. The van der Waals surface area contributed by atoms with E-state index in [0.717, 1.165) is 42.3 Å². The number of benzene rings is 2. The molecule has 27 heavy (non-hydrogen) atoms. The van der Waals surface area contributed by atoms with Gasteiger partial charge in [-0.2, -0.15) is 5.10 Å². The molecule has 3 N–H and O–H groups in total. The highest BCUT2D eigenvalue weighted by Gasteiger charge is 2.60. The number of ether oxygens (including phenoxy) is 1. The fraction of sp³-hybridized carbons (Fsp3) is 0.238. The second-order valence-electron chi connectivity index (χ2n) is 7.24. The van der Waals surface area contributed by atoms with E-state index in [4.69, 9.17) is 10.5 Å². The highest BCUT2D eigenvalue weighted by molar-refractivity contribution is 5.92. The van der Waals surface area contributed by atoms with Crippen LogP contribution in [0.4, 0.5) is 0 Å². The molecule has 2 aromatic carbocycles. The summed E-state index contributed by atoms with van der Waals surface area (Å²) in [7, 11) is 0. The van der Waals surface area contributed by atoms with Gasteiger partial charge in [-0.3, -0.25) is 9.48 Å². The van der Waals surface area contributed by atoms with Crippen molar-refractivity contribution >= 4 is 5.91 Å². The number of hydrogen-bond donors (Lipinski definition) is 2. The van der Waals surface area contributed by atoms with Crippen LogP contribution in [0.15, 0.2) is 60.7 Å². The summed E-state index contributed by atoms with van der Waals surface area (Å²) in [4.78, 5) is 11.8. The van der Waals surface area contributed by atoms with Crippen molar-refractivity contribution in [3.8, 4) is 22.8 Å². The van der Waals surface area contributed by atoms with E-state index in [1.165, 1.54) is 0 Å². The lowest BCUT2D eigenvalue weighted by atomic mass is 10.1. The molecule has 2 heterocycles. The first-order chi connectivity index (χ1) is 13.2. The van der Waals surface area contributed by atoms with Crippen molar-refractivity contribution < 1.29 is 9.53 Å². The number of nitrogens with two attached hydrogens (primary N) is 1. The number of hydrogen-bond acceptors (Lipinski definition) is 4. The summed E-state index contributed by atoms with van der Waals surface area (Å²) in [5.74, 6) is 1.51. The van der Waals surface area contributed by atoms with E-state index in [1.54, 1.807) is 6.07 Å².